The average molecular weight is 357 g/mol. The van der Waals surface area contributed by atoms with E-state index in [0.717, 1.165) is 6.42 Å². The Morgan fingerprint density at radius 1 is 1.04 bits per heavy atom. The Kier molecular flexibility index (Phi) is 4.85. The largest absolute Gasteiger partial charge is 0.508 e. The Labute approximate surface area is 154 Å². The van der Waals surface area contributed by atoms with E-state index < -0.39 is 0 Å². The molecule has 4 rings (SSSR count). The highest BCUT2D eigenvalue weighted by Gasteiger charge is 2.40. The van der Waals surface area contributed by atoms with Gasteiger partial charge in [0.1, 0.15) is 5.75 Å². The second kappa shape index (κ2) is 7.27. The Morgan fingerprint density at radius 2 is 1.77 bits per heavy atom. The number of aromatic hydroxyl groups is 1. The van der Waals surface area contributed by atoms with Crippen molar-refractivity contribution in [1.29, 1.82) is 0 Å². The molecule has 6 nitrogen and oxygen atoms in total. The zero-order valence-electron chi connectivity index (χ0n) is 15.1. The minimum atomic E-state index is -0.0852. The summed E-state index contributed by atoms with van der Waals surface area (Å²) < 4.78 is 0. The van der Waals surface area contributed by atoms with Crippen molar-refractivity contribution in [2.45, 2.75) is 44.2 Å². The molecule has 1 aliphatic carbocycles. The summed E-state index contributed by atoms with van der Waals surface area (Å²) >= 11 is 0. The number of carbonyl (C=O) groups is 2. The molecule has 0 radical (unpaired) electrons. The molecule has 2 amide bonds. The van der Waals surface area contributed by atoms with E-state index in [1.54, 1.807) is 23.1 Å². The van der Waals surface area contributed by atoms with Crippen LogP contribution in [0.3, 0.4) is 0 Å². The Morgan fingerprint density at radius 3 is 2.50 bits per heavy atom. The molecule has 1 aromatic rings. The highest BCUT2D eigenvalue weighted by molar-refractivity contribution is 5.94. The molecule has 3 fully saturated rings. The molecule has 3 unspecified atom stereocenters. The maximum absolute atomic E-state index is 12.9. The van der Waals surface area contributed by atoms with Crippen LogP contribution in [0, 0.1) is 5.92 Å². The van der Waals surface area contributed by atoms with Gasteiger partial charge in [-0.05, 0) is 43.4 Å². The summed E-state index contributed by atoms with van der Waals surface area (Å²) in [5, 5.41) is 13.1. The lowest BCUT2D eigenvalue weighted by atomic mass is 9.85. The smallest absolute Gasteiger partial charge is 0.254 e. The summed E-state index contributed by atoms with van der Waals surface area (Å²) in [5.41, 5.74) is 0.492. The molecule has 6 heteroatoms. The van der Waals surface area contributed by atoms with Crippen LogP contribution in [0.1, 0.15) is 42.5 Å². The lowest BCUT2D eigenvalue weighted by Crippen LogP contribution is -2.54. The number of rotatable bonds is 2. The average Bonchev–Trinajstić information content (AvgIpc) is 3.11. The van der Waals surface area contributed by atoms with Crippen LogP contribution >= 0.6 is 0 Å². The van der Waals surface area contributed by atoms with E-state index in [1.807, 2.05) is 4.90 Å². The van der Waals surface area contributed by atoms with Crippen LogP contribution in [-0.2, 0) is 4.79 Å². The highest BCUT2D eigenvalue weighted by atomic mass is 16.3. The van der Waals surface area contributed by atoms with Gasteiger partial charge in [0.2, 0.25) is 5.91 Å². The number of carbonyl (C=O) groups excluding carboxylic acids is 2. The first kappa shape index (κ1) is 17.3. The second-order valence-electron chi connectivity index (χ2n) is 7.77. The standard InChI is InChI=1S/C20H27N3O3/c24-16-6-3-5-15(12-16)19(25)22-8-10-23(11-9-22)20(26)18-13-14-4-1-2-7-17(14)21-18/h3,5-6,12,14,17-18,21,24H,1-2,4,7-11,13H2. The molecule has 1 aromatic carbocycles. The third-order valence-electron chi connectivity index (χ3n) is 6.13. The van der Waals surface area contributed by atoms with Crippen molar-refractivity contribution < 1.29 is 14.7 Å². The summed E-state index contributed by atoms with van der Waals surface area (Å²) in [4.78, 5) is 29.1. The molecule has 2 N–H and O–H groups in total. The third-order valence-corrected chi connectivity index (χ3v) is 6.13. The van der Waals surface area contributed by atoms with Gasteiger partial charge in [0.15, 0.2) is 0 Å². The fraction of sp³-hybridized carbons (Fsp3) is 0.600. The Bertz CT molecular complexity index is 671. The van der Waals surface area contributed by atoms with Gasteiger partial charge in [0.05, 0.1) is 6.04 Å². The van der Waals surface area contributed by atoms with Gasteiger partial charge in [-0.15, -0.1) is 0 Å². The number of nitrogens with one attached hydrogen (secondary N) is 1. The summed E-state index contributed by atoms with van der Waals surface area (Å²) in [5.74, 6) is 0.867. The van der Waals surface area contributed by atoms with E-state index >= 15 is 0 Å². The number of nitrogens with zero attached hydrogens (tertiary/aromatic N) is 2. The normalized spacial score (nSPS) is 28.7. The maximum Gasteiger partial charge on any atom is 0.254 e. The van der Waals surface area contributed by atoms with Gasteiger partial charge >= 0.3 is 0 Å². The SMILES string of the molecule is O=C(c1cccc(O)c1)N1CCN(C(=O)C2CC3CCCCC3N2)CC1. The molecule has 3 aliphatic rings. The second-order valence-corrected chi connectivity index (χ2v) is 7.77. The van der Waals surface area contributed by atoms with Crippen molar-refractivity contribution in [3.05, 3.63) is 29.8 Å². The van der Waals surface area contributed by atoms with Crippen LogP contribution in [-0.4, -0.2) is 65.0 Å². The van der Waals surface area contributed by atoms with Gasteiger partial charge in [-0.2, -0.15) is 0 Å². The van der Waals surface area contributed by atoms with Crippen molar-refractivity contribution in [2.75, 3.05) is 26.2 Å². The number of piperazine rings is 1. The number of hydrogen-bond acceptors (Lipinski definition) is 4. The molecular weight excluding hydrogens is 330 g/mol. The molecule has 3 atom stereocenters. The molecule has 2 heterocycles. The first-order valence-electron chi connectivity index (χ1n) is 9.75. The van der Waals surface area contributed by atoms with Gasteiger partial charge in [0, 0.05) is 37.8 Å². The first-order chi connectivity index (χ1) is 12.6. The molecule has 2 aliphatic heterocycles. The van der Waals surface area contributed by atoms with E-state index in [0.29, 0.717) is 43.7 Å². The molecule has 140 valence electrons. The quantitative estimate of drug-likeness (QED) is 0.843. The minimum absolute atomic E-state index is 0.0450. The van der Waals surface area contributed by atoms with Crippen molar-refractivity contribution in [3.8, 4) is 5.75 Å². The zero-order valence-corrected chi connectivity index (χ0v) is 15.1. The van der Waals surface area contributed by atoms with E-state index in [2.05, 4.69) is 5.32 Å². The van der Waals surface area contributed by atoms with Gasteiger partial charge in [0.25, 0.3) is 5.91 Å². The van der Waals surface area contributed by atoms with Crippen LogP contribution in [0.4, 0.5) is 0 Å². The van der Waals surface area contributed by atoms with E-state index in [4.69, 9.17) is 0 Å². The fourth-order valence-corrected chi connectivity index (χ4v) is 4.68. The monoisotopic (exact) mass is 357 g/mol. The van der Waals surface area contributed by atoms with Crippen molar-refractivity contribution in [1.82, 2.24) is 15.1 Å². The molecule has 26 heavy (non-hydrogen) atoms. The molecule has 0 aromatic heterocycles. The van der Waals surface area contributed by atoms with Crippen LogP contribution < -0.4 is 5.32 Å². The van der Waals surface area contributed by atoms with Crippen LogP contribution in [0.5, 0.6) is 5.75 Å². The van der Waals surface area contributed by atoms with Crippen LogP contribution in [0.15, 0.2) is 24.3 Å². The van der Waals surface area contributed by atoms with Crippen molar-refractivity contribution >= 4 is 11.8 Å². The number of phenols is 1. The number of hydrogen-bond donors (Lipinski definition) is 2. The molecular formula is C20H27N3O3. The van der Waals surface area contributed by atoms with E-state index in [1.165, 1.54) is 31.7 Å². The van der Waals surface area contributed by atoms with Crippen molar-refractivity contribution in [3.63, 3.8) is 0 Å². The third kappa shape index (κ3) is 3.43. The summed E-state index contributed by atoms with van der Waals surface area (Å²) in [6.07, 6.45) is 5.96. The lowest BCUT2D eigenvalue weighted by Gasteiger charge is -2.36. The van der Waals surface area contributed by atoms with Gasteiger partial charge in [-0.3, -0.25) is 9.59 Å². The molecule has 0 spiro atoms. The number of phenolic OH excluding ortho intramolecular Hbond substituents is 1. The Hall–Kier alpha value is -2.08. The summed E-state index contributed by atoms with van der Waals surface area (Å²) in [6, 6.07) is 6.91. The molecule has 1 saturated carbocycles. The van der Waals surface area contributed by atoms with E-state index in [-0.39, 0.29) is 23.6 Å². The molecule has 0 bridgehead atoms. The van der Waals surface area contributed by atoms with Gasteiger partial charge < -0.3 is 20.2 Å². The molecule has 2 saturated heterocycles. The van der Waals surface area contributed by atoms with Gasteiger partial charge in [-0.1, -0.05) is 18.9 Å². The lowest BCUT2D eigenvalue weighted by molar-refractivity contribution is -0.134. The topological polar surface area (TPSA) is 72.9 Å². The predicted molar refractivity (Wildman–Crippen MR) is 97.9 cm³/mol. The van der Waals surface area contributed by atoms with Gasteiger partial charge in [-0.25, -0.2) is 0 Å². The highest BCUT2D eigenvalue weighted by Crippen LogP contribution is 2.33. The summed E-state index contributed by atoms with van der Waals surface area (Å²) in [7, 11) is 0. The first-order valence-corrected chi connectivity index (χ1v) is 9.75. The fourth-order valence-electron chi connectivity index (χ4n) is 4.68. The number of fused-ring (bicyclic) bond motifs is 1. The van der Waals surface area contributed by atoms with Crippen LogP contribution in [0.25, 0.3) is 0 Å². The van der Waals surface area contributed by atoms with E-state index in [9.17, 15) is 14.7 Å². The number of benzene rings is 1. The minimum Gasteiger partial charge on any atom is -0.508 e. The van der Waals surface area contributed by atoms with Crippen LogP contribution in [0.2, 0.25) is 0 Å². The predicted octanol–water partition coefficient (Wildman–Crippen LogP) is 1.60. The Balaban J connectivity index is 1.32. The zero-order chi connectivity index (χ0) is 18.1. The number of amides is 2. The maximum atomic E-state index is 12.9. The van der Waals surface area contributed by atoms with Crippen molar-refractivity contribution in [2.24, 2.45) is 5.92 Å². The summed E-state index contributed by atoms with van der Waals surface area (Å²) in [6.45, 7) is 2.24.